The maximum absolute atomic E-state index is 13.4. The number of hydrogen-bond donors (Lipinski definition) is 1. The summed E-state index contributed by atoms with van der Waals surface area (Å²) in [5, 5.41) is 0.421. The molecule has 0 spiro atoms. The number of nitrogens with zero attached hydrogens (tertiary/aromatic N) is 1. The second-order valence-electron chi connectivity index (χ2n) is 5.55. The molecule has 0 fully saturated rings. The molecule has 1 aromatic heterocycles. The molecule has 0 aliphatic heterocycles. The lowest BCUT2D eigenvalue weighted by atomic mass is 10.2. The third-order valence-corrected chi connectivity index (χ3v) is 4.91. The van der Waals surface area contributed by atoms with Gasteiger partial charge in [0.15, 0.2) is 9.84 Å². The summed E-state index contributed by atoms with van der Waals surface area (Å²) in [6.07, 6.45) is 1.04. The van der Waals surface area contributed by atoms with Crippen molar-refractivity contribution in [1.82, 2.24) is 4.57 Å². The van der Waals surface area contributed by atoms with Crippen LogP contribution in [0.1, 0.15) is 16.1 Å². The first kappa shape index (κ1) is 16.2. The van der Waals surface area contributed by atoms with Gasteiger partial charge in [0, 0.05) is 18.2 Å². The molecule has 124 valence electrons. The predicted octanol–water partition coefficient (Wildman–Crippen LogP) is 2.33. The zero-order valence-electron chi connectivity index (χ0n) is 12.9. The molecule has 0 aliphatic rings. The maximum atomic E-state index is 13.4. The summed E-state index contributed by atoms with van der Waals surface area (Å²) in [6.45, 7) is 0.131. The van der Waals surface area contributed by atoms with E-state index in [1.54, 1.807) is 36.4 Å². The molecule has 5 nitrogen and oxygen atoms in total. The first-order valence-corrected chi connectivity index (χ1v) is 9.03. The van der Waals surface area contributed by atoms with Crippen molar-refractivity contribution in [3.63, 3.8) is 0 Å². The number of hydrogen-bond acceptors (Lipinski definition) is 3. The van der Waals surface area contributed by atoms with E-state index in [9.17, 15) is 17.6 Å². The smallest absolute Gasteiger partial charge is 0.266 e. The van der Waals surface area contributed by atoms with E-state index in [2.05, 4.69) is 0 Å². The zero-order valence-corrected chi connectivity index (χ0v) is 13.7. The highest BCUT2D eigenvalue weighted by Gasteiger charge is 2.27. The van der Waals surface area contributed by atoms with Gasteiger partial charge in [-0.15, -0.1) is 0 Å². The van der Waals surface area contributed by atoms with E-state index in [0.717, 1.165) is 6.26 Å². The number of benzene rings is 2. The lowest BCUT2D eigenvalue weighted by Gasteiger charge is -2.10. The summed E-state index contributed by atoms with van der Waals surface area (Å²) in [4.78, 5) is 11.9. The summed E-state index contributed by atoms with van der Waals surface area (Å²) in [6, 6.07) is 12.7. The third-order valence-electron chi connectivity index (χ3n) is 3.76. The van der Waals surface area contributed by atoms with Crippen LogP contribution in [0.3, 0.4) is 0 Å². The van der Waals surface area contributed by atoms with Crippen molar-refractivity contribution in [1.29, 1.82) is 0 Å². The van der Waals surface area contributed by atoms with Gasteiger partial charge in [-0.3, -0.25) is 4.79 Å². The van der Waals surface area contributed by atoms with Crippen LogP contribution in [-0.4, -0.2) is 25.1 Å². The molecule has 2 N–H and O–H groups in total. The van der Waals surface area contributed by atoms with E-state index in [0.29, 0.717) is 16.5 Å². The van der Waals surface area contributed by atoms with Crippen molar-refractivity contribution in [2.45, 2.75) is 11.4 Å². The van der Waals surface area contributed by atoms with Gasteiger partial charge >= 0.3 is 0 Å². The van der Waals surface area contributed by atoms with Gasteiger partial charge in [-0.2, -0.15) is 0 Å². The highest BCUT2D eigenvalue weighted by atomic mass is 32.2. The monoisotopic (exact) mass is 346 g/mol. The zero-order chi connectivity index (χ0) is 17.5. The number of carbonyl (C=O) groups excluding carboxylic acids is 1. The largest absolute Gasteiger partial charge is 0.364 e. The molecule has 0 saturated heterocycles. The molecule has 0 atom stereocenters. The Bertz CT molecular complexity index is 1050. The number of fused-ring (bicyclic) bond motifs is 1. The molecule has 7 heteroatoms. The first-order chi connectivity index (χ1) is 11.3. The van der Waals surface area contributed by atoms with Crippen LogP contribution in [0.5, 0.6) is 0 Å². The number of rotatable bonds is 4. The summed E-state index contributed by atoms with van der Waals surface area (Å²) < 4.78 is 39.4. The molecule has 0 saturated carbocycles. The molecule has 3 rings (SSSR count). The average molecular weight is 346 g/mol. The van der Waals surface area contributed by atoms with Crippen LogP contribution in [0.25, 0.3) is 10.9 Å². The van der Waals surface area contributed by atoms with Crippen molar-refractivity contribution < 1.29 is 17.6 Å². The molecular weight excluding hydrogens is 331 g/mol. The number of halogens is 1. The van der Waals surface area contributed by atoms with Crippen molar-refractivity contribution in [3.05, 3.63) is 65.6 Å². The van der Waals surface area contributed by atoms with Gasteiger partial charge in [0.05, 0.1) is 5.52 Å². The Balaban J connectivity index is 2.34. The lowest BCUT2D eigenvalue weighted by Crippen LogP contribution is -2.20. The molecule has 1 heterocycles. The minimum Gasteiger partial charge on any atom is -0.364 e. The quantitative estimate of drug-likeness (QED) is 0.787. The van der Waals surface area contributed by atoms with Crippen LogP contribution in [-0.2, 0) is 16.4 Å². The fourth-order valence-corrected chi connectivity index (χ4v) is 4.01. The molecular formula is C17H15FN2O3S. The van der Waals surface area contributed by atoms with Gasteiger partial charge in [-0.05, 0) is 23.8 Å². The summed E-state index contributed by atoms with van der Waals surface area (Å²) in [5.74, 6) is -1.25. The van der Waals surface area contributed by atoms with Gasteiger partial charge in [0.25, 0.3) is 5.91 Å². The van der Waals surface area contributed by atoms with Crippen LogP contribution in [0.15, 0.2) is 53.4 Å². The standard InChI is InChI=1S/C17H15FN2O3S/c1-24(22,23)16-13-7-2-3-8-14(13)20(15(16)17(19)21)10-11-5-4-6-12(18)9-11/h2-9H,10H2,1H3,(H2,19,21). The lowest BCUT2D eigenvalue weighted by molar-refractivity contribution is 0.0989. The van der Waals surface area contributed by atoms with Gasteiger partial charge < -0.3 is 10.3 Å². The number of para-hydroxylation sites is 1. The topological polar surface area (TPSA) is 82.2 Å². The Hall–Kier alpha value is -2.67. The van der Waals surface area contributed by atoms with Crippen LogP contribution in [0.4, 0.5) is 4.39 Å². The molecule has 0 radical (unpaired) electrons. The molecule has 3 aromatic rings. The predicted molar refractivity (Wildman–Crippen MR) is 89.1 cm³/mol. The SMILES string of the molecule is CS(=O)(=O)c1c(C(N)=O)n(Cc2cccc(F)c2)c2ccccc12. The van der Waals surface area contributed by atoms with Crippen molar-refractivity contribution in [3.8, 4) is 0 Å². The van der Waals surface area contributed by atoms with Crippen LogP contribution < -0.4 is 5.73 Å². The summed E-state index contributed by atoms with van der Waals surface area (Å²) in [7, 11) is -3.68. The van der Waals surface area contributed by atoms with Crippen molar-refractivity contribution >= 4 is 26.6 Å². The number of amides is 1. The molecule has 24 heavy (non-hydrogen) atoms. The minimum atomic E-state index is -3.68. The molecule has 0 bridgehead atoms. The normalized spacial score (nSPS) is 11.8. The van der Waals surface area contributed by atoms with E-state index in [1.165, 1.54) is 16.7 Å². The Kier molecular flexibility index (Phi) is 3.88. The fourth-order valence-electron chi connectivity index (χ4n) is 2.87. The minimum absolute atomic E-state index is 0.0945. The van der Waals surface area contributed by atoms with E-state index in [-0.39, 0.29) is 17.1 Å². The molecule has 0 unspecified atom stereocenters. The Morgan fingerprint density at radius 2 is 1.88 bits per heavy atom. The Morgan fingerprint density at radius 3 is 2.50 bits per heavy atom. The number of nitrogens with two attached hydrogens (primary N) is 1. The third kappa shape index (κ3) is 2.78. The number of primary amides is 1. The maximum Gasteiger partial charge on any atom is 0.266 e. The highest BCUT2D eigenvalue weighted by molar-refractivity contribution is 7.91. The second kappa shape index (κ2) is 5.76. The Morgan fingerprint density at radius 1 is 1.17 bits per heavy atom. The highest BCUT2D eigenvalue weighted by Crippen LogP contribution is 2.30. The van der Waals surface area contributed by atoms with E-state index in [1.807, 2.05) is 0 Å². The van der Waals surface area contributed by atoms with E-state index >= 15 is 0 Å². The van der Waals surface area contributed by atoms with Crippen molar-refractivity contribution in [2.75, 3.05) is 6.26 Å². The molecule has 2 aromatic carbocycles. The van der Waals surface area contributed by atoms with Gasteiger partial charge in [0.2, 0.25) is 0 Å². The number of aromatic nitrogens is 1. The first-order valence-electron chi connectivity index (χ1n) is 7.14. The van der Waals surface area contributed by atoms with E-state index in [4.69, 9.17) is 5.73 Å². The van der Waals surface area contributed by atoms with Crippen LogP contribution >= 0.6 is 0 Å². The van der Waals surface area contributed by atoms with E-state index < -0.39 is 21.6 Å². The second-order valence-corrected chi connectivity index (χ2v) is 7.50. The van der Waals surface area contributed by atoms with Crippen LogP contribution in [0, 0.1) is 5.82 Å². The molecule has 0 aliphatic carbocycles. The summed E-state index contributed by atoms with van der Waals surface area (Å²) >= 11 is 0. The van der Waals surface area contributed by atoms with Crippen molar-refractivity contribution in [2.24, 2.45) is 5.73 Å². The average Bonchev–Trinajstić information content (AvgIpc) is 2.82. The Labute approximate surface area is 138 Å². The number of carbonyl (C=O) groups is 1. The number of sulfone groups is 1. The van der Waals surface area contributed by atoms with Gasteiger partial charge in [0.1, 0.15) is 16.4 Å². The summed E-state index contributed by atoms with van der Waals surface area (Å²) in [5.41, 5.74) is 6.51. The van der Waals surface area contributed by atoms with Gasteiger partial charge in [-0.1, -0.05) is 30.3 Å². The fraction of sp³-hybridized carbons (Fsp3) is 0.118. The molecule has 1 amide bonds. The van der Waals surface area contributed by atoms with Gasteiger partial charge in [-0.25, -0.2) is 12.8 Å². The van der Waals surface area contributed by atoms with Crippen LogP contribution in [0.2, 0.25) is 0 Å².